The number of carbonyl (C=O) groups is 5. The molecule has 5 rings (SSSR count). The number of imidazole rings is 1. The van der Waals surface area contributed by atoms with E-state index in [1.54, 1.807) is 30.9 Å². The molecule has 4 aromatic rings. The highest BCUT2D eigenvalue weighted by Crippen LogP contribution is 2.33. The summed E-state index contributed by atoms with van der Waals surface area (Å²) in [6.45, 7) is 6.57. The minimum absolute atomic E-state index is 0.0441. The number of rotatable bonds is 13. The molecule has 0 bridgehead atoms. The average Bonchev–Trinajstić information content (AvgIpc) is 3.90. The highest BCUT2D eigenvalue weighted by molar-refractivity contribution is 6.41. The Balaban J connectivity index is 0.000000538. The number of carbonyl (C=O) groups excluding carboxylic acids is 5. The van der Waals surface area contributed by atoms with Crippen molar-refractivity contribution in [3.05, 3.63) is 109 Å². The first kappa shape index (κ1) is 44.8. The van der Waals surface area contributed by atoms with Crippen LogP contribution in [0.2, 0.25) is 0 Å². The van der Waals surface area contributed by atoms with E-state index in [9.17, 15) is 50.3 Å². The second-order valence-electron chi connectivity index (χ2n) is 14.1. The number of nitrogens with one attached hydrogen (secondary N) is 2. The molecule has 1 fully saturated rings. The van der Waals surface area contributed by atoms with Crippen molar-refractivity contribution in [3.8, 4) is 11.1 Å². The first-order valence-corrected chi connectivity index (χ1v) is 17.9. The van der Waals surface area contributed by atoms with E-state index in [1.807, 2.05) is 96.8 Å². The molecule has 4 N–H and O–H groups in total. The van der Waals surface area contributed by atoms with Crippen molar-refractivity contribution in [2.24, 2.45) is 5.73 Å². The van der Waals surface area contributed by atoms with Crippen LogP contribution < -0.4 is 16.4 Å². The predicted octanol–water partition coefficient (Wildman–Crippen LogP) is 5.56. The number of nitrogens with two attached hydrogens (primary N) is 1. The normalized spacial score (nSPS) is 14.7. The largest absolute Gasteiger partial charge is 0.458 e. The van der Waals surface area contributed by atoms with Gasteiger partial charge in [-0.15, -0.1) is 0 Å². The number of benzene rings is 3. The number of amides is 3. The fourth-order valence-electron chi connectivity index (χ4n) is 5.73. The summed E-state index contributed by atoms with van der Waals surface area (Å²) in [4.78, 5) is 65.9. The number of ketones is 2. The molecular weight excluding hydrogens is 774 g/mol. The minimum Gasteiger partial charge on any atom is -0.374 e. The third-order valence-corrected chi connectivity index (χ3v) is 9.04. The van der Waals surface area contributed by atoms with Gasteiger partial charge in [0.25, 0.3) is 11.8 Å². The molecule has 0 saturated carbocycles. The van der Waals surface area contributed by atoms with Gasteiger partial charge in [-0.1, -0.05) is 84.9 Å². The second kappa shape index (κ2) is 18.6. The number of alkyl halides is 6. The SMILES string of the molecule is CC(C)(N)C(=O)N[C@H](COCc1ccccc1)C(=O)Nc1cn(C(C)(C(=O)N2CCCC2)c2ccc(-c3ccccc3)cc2)cn1.O=C(C(=O)C(F)(F)F)C(F)(F)F. The maximum absolute atomic E-state index is 14.1. The standard InChI is InChI=1S/C36H42N6O4.C4F6O2/c1-35(2,37)33(44)39-30(24-46-23-26-12-6-4-7-13-26)32(43)40-31-22-42(25-38-31)36(3,34(45)41-20-10-11-21-41)29-18-16-28(17-19-29)27-14-8-5-9-15-27;5-3(6,7)1(11)2(12)4(8,9)10/h4-9,12-19,22,25,30H,10-11,20-21,23-24,37H2,1-3H3,(H,39,44)(H,40,43);/t30-,36?;/m1./s1. The van der Waals surface area contributed by atoms with Gasteiger partial charge in [0.15, 0.2) is 5.82 Å². The van der Waals surface area contributed by atoms with Gasteiger partial charge in [-0.05, 0) is 55.9 Å². The van der Waals surface area contributed by atoms with Crippen LogP contribution in [0.4, 0.5) is 32.2 Å². The van der Waals surface area contributed by atoms with Gasteiger partial charge in [-0.3, -0.25) is 24.0 Å². The molecule has 1 aliphatic rings. The van der Waals surface area contributed by atoms with Crippen LogP contribution in [0.5, 0.6) is 0 Å². The first-order chi connectivity index (χ1) is 27.1. The lowest BCUT2D eigenvalue weighted by molar-refractivity contribution is -0.193. The zero-order valence-corrected chi connectivity index (χ0v) is 31.7. The van der Waals surface area contributed by atoms with Gasteiger partial charge in [-0.25, -0.2) is 4.98 Å². The van der Waals surface area contributed by atoms with E-state index in [4.69, 9.17) is 10.5 Å². The van der Waals surface area contributed by atoms with Crippen LogP contribution >= 0.6 is 0 Å². The average molecular weight is 817 g/mol. The Labute approximate surface area is 329 Å². The van der Waals surface area contributed by atoms with Gasteiger partial charge in [0, 0.05) is 19.3 Å². The number of likely N-dealkylation sites (tertiary alicyclic amines) is 1. The summed E-state index contributed by atoms with van der Waals surface area (Å²) in [7, 11) is 0. The summed E-state index contributed by atoms with van der Waals surface area (Å²) >= 11 is 0. The lowest BCUT2D eigenvalue weighted by Crippen LogP contribution is -2.56. The van der Waals surface area contributed by atoms with Gasteiger partial charge in [0.2, 0.25) is 5.91 Å². The van der Waals surface area contributed by atoms with Gasteiger partial charge >= 0.3 is 23.9 Å². The lowest BCUT2D eigenvalue weighted by Gasteiger charge is -2.34. The maximum atomic E-state index is 14.1. The Morgan fingerprint density at radius 3 is 1.81 bits per heavy atom. The number of Topliss-reactive ketones (excluding diaryl/α,β-unsaturated/α-hetero) is 2. The first-order valence-electron chi connectivity index (χ1n) is 17.9. The Bertz CT molecular complexity index is 2020. The second-order valence-corrected chi connectivity index (χ2v) is 14.1. The number of hydrogen-bond acceptors (Lipinski definition) is 8. The van der Waals surface area contributed by atoms with Gasteiger partial charge in [-0.2, -0.15) is 26.3 Å². The Hall–Kier alpha value is -5.88. The van der Waals surface area contributed by atoms with Gasteiger partial charge in [0.1, 0.15) is 11.6 Å². The molecule has 2 atom stereocenters. The van der Waals surface area contributed by atoms with Crippen molar-refractivity contribution in [1.82, 2.24) is 19.8 Å². The van der Waals surface area contributed by atoms with Crippen molar-refractivity contribution in [1.29, 1.82) is 0 Å². The smallest absolute Gasteiger partial charge is 0.374 e. The number of aromatic nitrogens is 2. The van der Waals surface area contributed by atoms with Crippen LogP contribution in [0.1, 0.15) is 44.7 Å². The molecule has 1 unspecified atom stereocenters. The predicted molar refractivity (Wildman–Crippen MR) is 200 cm³/mol. The van der Waals surface area contributed by atoms with E-state index in [1.165, 1.54) is 0 Å². The molecule has 2 heterocycles. The molecule has 1 aliphatic heterocycles. The van der Waals surface area contributed by atoms with Crippen LogP contribution in [0.25, 0.3) is 11.1 Å². The molecular formula is C40H42F6N6O6. The van der Waals surface area contributed by atoms with Crippen LogP contribution in [0.3, 0.4) is 0 Å². The fourth-order valence-corrected chi connectivity index (χ4v) is 5.73. The van der Waals surface area contributed by atoms with Crippen LogP contribution in [0.15, 0.2) is 97.5 Å². The van der Waals surface area contributed by atoms with Crippen molar-refractivity contribution in [2.75, 3.05) is 25.0 Å². The van der Waals surface area contributed by atoms with E-state index < -0.39 is 52.9 Å². The molecule has 3 aromatic carbocycles. The van der Waals surface area contributed by atoms with Crippen molar-refractivity contribution < 1.29 is 55.1 Å². The molecule has 0 radical (unpaired) electrons. The van der Waals surface area contributed by atoms with E-state index in [0.29, 0.717) is 13.1 Å². The molecule has 3 amide bonds. The number of hydrogen-bond donors (Lipinski definition) is 3. The summed E-state index contributed by atoms with van der Waals surface area (Å²) in [6, 6.07) is 26.5. The van der Waals surface area contributed by atoms with Crippen molar-refractivity contribution in [2.45, 2.75) is 69.7 Å². The Kier molecular flexibility index (Phi) is 14.4. The maximum Gasteiger partial charge on any atom is 0.458 e. The van der Waals surface area contributed by atoms with E-state index in [0.717, 1.165) is 35.1 Å². The quantitative estimate of drug-likeness (QED) is 0.117. The van der Waals surface area contributed by atoms with E-state index in [2.05, 4.69) is 15.6 Å². The Morgan fingerprint density at radius 2 is 1.29 bits per heavy atom. The zero-order chi connectivity index (χ0) is 42.9. The zero-order valence-electron chi connectivity index (χ0n) is 31.7. The topological polar surface area (TPSA) is 166 Å². The number of ether oxygens (including phenoxy) is 1. The van der Waals surface area contributed by atoms with E-state index >= 15 is 0 Å². The van der Waals surface area contributed by atoms with Crippen LogP contribution in [0, 0.1) is 0 Å². The highest BCUT2D eigenvalue weighted by atomic mass is 19.4. The molecule has 58 heavy (non-hydrogen) atoms. The fraction of sp³-hybridized carbons (Fsp3) is 0.350. The molecule has 18 heteroatoms. The third kappa shape index (κ3) is 11.6. The van der Waals surface area contributed by atoms with E-state index in [-0.39, 0.29) is 24.9 Å². The third-order valence-electron chi connectivity index (χ3n) is 9.04. The summed E-state index contributed by atoms with van der Waals surface area (Å²) in [5, 5.41) is 5.50. The summed E-state index contributed by atoms with van der Waals surface area (Å²) in [5.41, 5.74) is 7.53. The van der Waals surface area contributed by atoms with Gasteiger partial charge < -0.3 is 30.6 Å². The molecule has 1 saturated heterocycles. The summed E-state index contributed by atoms with van der Waals surface area (Å²) < 4.78 is 74.5. The van der Waals surface area contributed by atoms with Crippen LogP contribution in [-0.4, -0.2) is 87.4 Å². The Morgan fingerprint density at radius 1 is 0.776 bits per heavy atom. The number of anilines is 1. The van der Waals surface area contributed by atoms with Gasteiger partial charge in [0.05, 0.1) is 25.1 Å². The molecule has 12 nitrogen and oxygen atoms in total. The number of nitrogens with zero attached hydrogens (tertiary/aromatic N) is 3. The lowest BCUT2D eigenvalue weighted by atomic mass is 9.88. The number of halogens is 6. The minimum atomic E-state index is -5.77. The highest BCUT2D eigenvalue weighted by Gasteiger charge is 2.54. The van der Waals surface area contributed by atoms with Crippen LogP contribution in [-0.2, 0) is 40.9 Å². The molecule has 0 spiro atoms. The molecule has 310 valence electrons. The molecule has 1 aromatic heterocycles. The summed E-state index contributed by atoms with van der Waals surface area (Å²) in [6.07, 6.45) is -6.43. The summed E-state index contributed by atoms with van der Waals surface area (Å²) in [5.74, 6) is -7.64. The van der Waals surface area contributed by atoms with Crippen molar-refractivity contribution >= 4 is 35.1 Å². The monoisotopic (exact) mass is 816 g/mol. The molecule has 0 aliphatic carbocycles. The van der Waals surface area contributed by atoms with Crippen molar-refractivity contribution in [3.63, 3.8) is 0 Å².